The molecule has 2 fully saturated rings. The zero-order valence-electron chi connectivity index (χ0n) is 15.4. The third kappa shape index (κ3) is 7.39. The quantitative estimate of drug-likeness (QED) is 0.373. The van der Waals surface area contributed by atoms with E-state index in [1.54, 1.807) is 7.05 Å². The molecule has 1 amide bonds. The lowest BCUT2D eigenvalue weighted by Gasteiger charge is -2.21. The van der Waals surface area contributed by atoms with Gasteiger partial charge < -0.3 is 16.0 Å². The maximum absolute atomic E-state index is 12.4. The van der Waals surface area contributed by atoms with Gasteiger partial charge in [-0.15, -0.1) is 0 Å². The standard InChI is InChI=1S/C17H30F3N5O/c1-21-16(24-14-7-10-25(11-14)12-17(18,19)20)23-9-8-22-15(26)13-5-3-2-4-6-13/h13-14H,2-12H2,1H3,(H,22,26)(H2,21,23,24). The van der Waals surface area contributed by atoms with Gasteiger partial charge in [0.05, 0.1) is 6.54 Å². The molecule has 3 N–H and O–H groups in total. The number of rotatable bonds is 6. The van der Waals surface area contributed by atoms with E-state index in [0.717, 1.165) is 25.7 Å². The molecule has 1 saturated heterocycles. The molecule has 2 rings (SSSR count). The molecular weight excluding hydrogens is 347 g/mol. The average Bonchev–Trinajstić information content (AvgIpc) is 3.03. The first-order chi connectivity index (χ1) is 12.4. The van der Waals surface area contributed by atoms with Crippen LogP contribution in [-0.2, 0) is 4.79 Å². The Kier molecular flexibility index (Phi) is 7.99. The fourth-order valence-electron chi connectivity index (χ4n) is 3.61. The lowest BCUT2D eigenvalue weighted by atomic mass is 9.89. The number of guanidine groups is 1. The van der Waals surface area contributed by atoms with Crippen LogP contribution < -0.4 is 16.0 Å². The number of carbonyl (C=O) groups is 1. The number of amides is 1. The van der Waals surface area contributed by atoms with Crippen molar-refractivity contribution in [2.24, 2.45) is 10.9 Å². The Labute approximate surface area is 153 Å². The summed E-state index contributed by atoms with van der Waals surface area (Å²) in [7, 11) is 1.62. The molecule has 6 nitrogen and oxygen atoms in total. The molecule has 9 heteroatoms. The lowest BCUT2D eigenvalue weighted by molar-refractivity contribution is -0.143. The highest BCUT2D eigenvalue weighted by atomic mass is 19.4. The number of alkyl halides is 3. The molecule has 1 aliphatic heterocycles. The molecular formula is C17H30F3N5O. The summed E-state index contributed by atoms with van der Waals surface area (Å²) in [4.78, 5) is 17.6. The van der Waals surface area contributed by atoms with Gasteiger partial charge in [-0.05, 0) is 19.3 Å². The van der Waals surface area contributed by atoms with E-state index < -0.39 is 12.7 Å². The van der Waals surface area contributed by atoms with Gasteiger partial charge in [0.1, 0.15) is 0 Å². The molecule has 2 aliphatic rings. The van der Waals surface area contributed by atoms with Crippen molar-refractivity contribution in [3.63, 3.8) is 0 Å². The minimum absolute atomic E-state index is 0.0552. The summed E-state index contributed by atoms with van der Waals surface area (Å²) in [6.45, 7) is 0.923. The van der Waals surface area contributed by atoms with Crippen molar-refractivity contribution in [2.75, 3.05) is 39.8 Å². The van der Waals surface area contributed by atoms with Crippen molar-refractivity contribution in [3.05, 3.63) is 0 Å². The van der Waals surface area contributed by atoms with Gasteiger partial charge in [0.25, 0.3) is 0 Å². The van der Waals surface area contributed by atoms with E-state index in [-0.39, 0.29) is 17.9 Å². The van der Waals surface area contributed by atoms with Crippen molar-refractivity contribution in [2.45, 2.75) is 50.7 Å². The van der Waals surface area contributed by atoms with Gasteiger partial charge in [-0.1, -0.05) is 19.3 Å². The molecule has 1 atom stereocenters. The number of halogens is 3. The van der Waals surface area contributed by atoms with E-state index in [4.69, 9.17) is 0 Å². The topological polar surface area (TPSA) is 68.8 Å². The highest BCUT2D eigenvalue weighted by molar-refractivity contribution is 5.80. The van der Waals surface area contributed by atoms with Gasteiger partial charge in [-0.2, -0.15) is 13.2 Å². The molecule has 1 saturated carbocycles. The van der Waals surface area contributed by atoms with Gasteiger partial charge in [0.15, 0.2) is 5.96 Å². The molecule has 0 spiro atoms. The Morgan fingerprint density at radius 3 is 2.46 bits per heavy atom. The van der Waals surface area contributed by atoms with Crippen LogP contribution in [0.25, 0.3) is 0 Å². The highest BCUT2D eigenvalue weighted by Gasteiger charge is 2.34. The summed E-state index contributed by atoms with van der Waals surface area (Å²) >= 11 is 0. The molecule has 0 bridgehead atoms. The molecule has 0 radical (unpaired) electrons. The summed E-state index contributed by atoms with van der Waals surface area (Å²) in [6, 6.07) is -0.0552. The van der Waals surface area contributed by atoms with Crippen molar-refractivity contribution < 1.29 is 18.0 Å². The summed E-state index contributed by atoms with van der Waals surface area (Å²) in [5.41, 5.74) is 0. The van der Waals surface area contributed by atoms with Gasteiger partial charge in [-0.25, -0.2) is 0 Å². The Bertz CT molecular complexity index is 478. The zero-order chi connectivity index (χ0) is 19.0. The van der Waals surface area contributed by atoms with E-state index in [1.807, 2.05) is 0 Å². The normalized spacial score (nSPS) is 23.1. The third-order valence-corrected chi connectivity index (χ3v) is 4.93. The Morgan fingerprint density at radius 2 is 1.81 bits per heavy atom. The minimum atomic E-state index is -4.16. The first-order valence-electron chi connectivity index (χ1n) is 9.41. The molecule has 1 aliphatic carbocycles. The van der Waals surface area contributed by atoms with Crippen LogP contribution in [0, 0.1) is 5.92 Å². The van der Waals surface area contributed by atoms with E-state index in [9.17, 15) is 18.0 Å². The van der Waals surface area contributed by atoms with Crippen molar-refractivity contribution in [1.29, 1.82) is 0 Å². The maximum atomic E-state index is 12.4. The molecule has 0 aromatic heterocycles. The summed E-state index contributed by atoms with van der Waals surface area (Å²) < 4.78 is 37.3. The molecule has 150 valence electrons. The van der Waals surface area contributed by atoms with Gasteiger partial charge in [0.2, 0.25) is 5.91 Å². The van der Waals surface area contributed by atoms with Crippen LogP contribution in [0.1, 0.15) is 38.5 Å². The van der Waals surface area contributed by atoms with E-state index in [2.05, 4.69) is 20.9 Å². The molecule has 0 aromatic carbocycles. The first kappa shape index (κ1) is 20.8. The number of carbonyl (C=O) groups excluding carboxylic acids is 1. The minimum Gasteiger partial charge on any atom is -0.355 e. The second-order valence-corrected chi connectivity index (χ2v) is 7.11. The second-order valence-electron chi connectivity index (χ2n) is 7.11. The Balaban J connectivity index is 1.61. The van der Waals surface area contributed by atoms with E-state index in [0.29, 0.717) is 38.6 Å². The number of aliphatic imine (C=N–C) groups is 1. The Morgan fingerprint density at radius 1 is 1.12 bits per heavy atom. The number of likely N-dealkylation sites (tertiary alicyclic amines) is 1. The third-order valence-electron chi connectivity index (χ3n) is 4.93. The van der Waals surface area contributed by atoms with Crippen molar-refractivity contribution in [1.82, 2.24) is 20.9 Å². The lowest BCUT2D eigenvalue weighted by Crippen LogP contribution is -2.47. The predicted octanol–water partition coefficient (Wildman–Crippen LogP) is 1.48. The fraction of sp³-hybridized carbons (Fsp3) is 0.882. The van der Waals surface area contributed by atoms with E-state index in [1.165, 1.54) is 11.3 Å². The number of hydrogen-bond donors (Lipinski definition) is 3. The fourth-order valence-corrected chi connectivity index (χ4v) is 3.61. The maximum Gasteiger partial charge on any atom is 0.401 e. The first-order valence-corrected chi connectivity index (χ1v) is 9.41. The highest BCUT2D eigenvalue weighted by Crippen LogP contribution is 2.23. The van der Waals surface area contributed by atoms with Crippen LogP contribution in [0.15, 0.2) is 4.99 Å². The van der Waals surface area contributed by atoms with Crippen LogP contribution >= 0.6 is 0 Å². The van der Waals surface area contributed by atoms with Crippen LogP contribution in [0.5, 0.6) is 0 Å². The van der Waals surface area contributed by atoms with Crippen LogP contribution in [-0.4, -0.2) is 68.8 Å². The number of nitrogens with zero attached hydrogens (tertiary/aromatic N) is 2. The van der Waals surface area contributed by atoms with Crippen LogP contribution in [0.4, 0.5) is 13.2 Å². The smallest absolute Gasteiger partial charge is 0.355 e. The van der Waals surface area contributed by atoms with Gasteiger partial charge in [-0.3, -0.25) is 14.7 Å². The molecule has 1 unspecified atom stereocenters. The summed E-state index contributed by atoms with van der Waals surface area (Å²) in [6.07, 6.45) is 1.89. The van der Waals surface area contributed by atoms with Crippen LogP contribution in [0.2, 0.25) is 0 Å². The number of hydrogen-bond acceptors (Lipinski definition) is 3. The molecule has 1 heterocycles. The Hall–Kier alpha value is -1.51. The number of nitrogens with one attached hydrogen (secondary N) is 3. The molecule has 0 aromatic rings. The monoisotopic (exact) mass is 377 g/mol. The average molecular weight is 377 g/mol. The zero-order valence-corrected chi connectivity index (χ0v) is 15.4. The van der Waals surface area contributed by atoms with Crippen molar-refractivity contribution in [3.8, 4) is 0 Å². The summed E-state index contributed by atoms with van der Waals surface area (Å²) in [5.74, 6) is 0.808. The van der Waals surface area contributed by atoms with E-state index >= 15 is 0 Å². The molecule has 26 heavy (non-hydrogen) atoms. The van der Waals surface area contributed by atoms with Crippen molar-refractivity contribution >= 4 is 11.9 Å². The predicted molar refractivity (Wildman–Crippen MR) is 95.0 cm³/mol. The van der Waals surface area contributed by atoms with Gasteiger partial charge >= 0.3 is 6.18 Å². The van der Waals surface area contributed by atoms with Crippen LogP contribution in [0.3, 0.4) is 0 Å². The second kappa shape index (κ2) is 9.99. The largest absolute Gasteiger partial charge is 0.401 e. The summed E-state index contributed by atoms with van der Waals surface area (Å²) in [5, 5.41) is 9.19. The van der Waals surface area contributed by atoms with Gasteiger partial charge in [0, 0.05) is 45.2 Å². The SMILES string of the molecule is CN=C(NCCNC(=O)C1CCCCC1)NC1CCN(CC(F)(F)F)C1.